The molecule has 2 aromatic carbocycles. The van der Waals surface area contributed by atoms with Crippen molar-refractivity contribution < 1.29 is 14.0 Å². The van der Waals surface area contributed by atoms with E-state index in [9.17, 15) is 14.0 Å². The molecule has 29 heavy (non-hydrogen) atoms. The maximum Gasteiger partial charge on any atom is 0.255 e. The fourth-order valence-electron chi connectivity index (χ4n) is 3.71. The van der Waals surface area contributed by atoms with Gasteiger partial charge in [-0.1, -0.05) is 19.1 Å². The number of piperidine rings is 1. The summed E-state index contributed by atoms with van der Waals surface area (Å²) in [6, 6.07) is 13.4. The van der Waals surface area contributed by atoms with Gasteiger partial charge < -0.3 is 15.1 Å². The van der Waals surface area contributed by atoms with Crippen molar-refractivity contribution >= 4 is 17.5 Å². The summed E-state index contributed by atoms with van der Waals surface area (Å²) in [6.07, 6.45) is 2.50. The molecule has 5 nitrogen and oxygen atoms in total. The summed E-state index contributed by atoms with van der Waals surface area (Å²) < 4.78 is 13.0. The highest BCUT2D eigenvalue weighted by atomic mass is 19.1. The van der Waals surface area contributed by atoms with Gasteiger partial charge in [-0.15, -0.1) is 0 Å². The number of halogens is 1. The highest BCUT2D eigenvalue weighted by Gasteiger charge is 2.25. The van der Waals surface area contributed by atoms with Crippen LogP contribution in [0.2, 0.25) is 0 Å². The summed E-state index contributed by atoms with van der Waals surface area (Å²) >= 11 is 0. The van der Waals surface area contributed by atoms with E-state index in [1.54, 1.807) is 4.90 Å². The smallest absolute Gasteiger partial charge is 0.255 e. The van der Waals surface area contributed by atoms with Crippen LogP contribution in [0.15, 0.2) is 48.5 Å². The number of carbonyl (C=O) groups is 2. The van der Waals surface area contributed by atoms with Crippen molar-refractivity contribution in [1.29, 1.82) is 0 Å². The average Bonchev–Trinajstić information content (AvgIpc) is 2.74. The molecule has 1 fully saturated rings. The Balaban J connectivity index is 1.62. The minimum atomic E-state index is -0.354. The summed E-state index contributed by atoms with van der Waals surface area (Å²) in [5.41, 5.74) is 2.13. The molecule has 1 aliphatic rings. The molecule has 1 heterocycles. The lowest BCUT2D eigenvalue weighted by Gasteiger charge is -2.35. The number of para-hydroxylation sites is 1. The van der Waals surface area contributed by atoms with Crippen LogP contribution in [-0.4, -0.2) is 49.4 Å². The van der Waals surface area contributed by atoms with Crippen LogP contribution in [0.1, 0.15) is 46.9 Å². The Morgan fingerprint density at radius 1 is 1.10 bits per heavy atom. The van der Waals surface area contributed by atoms with E-state index in [0.29, 0.717) is 5.56 Å². The zero-order chi connectivity index (χ0) is 20.8. The molecular formula is C23H28FN3O2. The molecule has 2 aromatic rings. The summed E-state index contributed by atoms with van der Waals surface area (Å²) in [4.78, 5) is 29.1. The molecule has 1 aliphatic heterocycles. The number of hydrogen-bond donors (Lipinski definition) is 1. The zero-order valence-electron chi connectivity index (χ0n) is 17.0. The minimum Gasteiger partial charge on any atom is -0.371 e. The molecule has 0 radical (unpaired) electrons. The molecule has 0 atom stereocenters. The zero-order valence-corrected chi connectivity index (χ0v) is 17.0. The summed E-state index contributed by atoms with van der Waals surface area (Å²) in [7, 11) is 1.83. The van der Waals surface area contributed by atoms with Crippen LogP contribution in [0.5, 0.6) is 0 Å². The minimum absolute atomic E-state index is 0.0363. The molecule has 2 amide bonds. The number of nitrogens with one attached hydrogen (secondary N) is 1. The van der Waals surface area contributed by atoms with Crippen molar-refractivity contribution in [3.05, 3.63) is 65.5 Å². The van der Waals surface area contributed by atoms with Crippen molar-refractivity contribution in [2.24, 2.45) is 0 Å². The van der Waals surface area contributed by atoms with E-state index in [1.807, 2.05) is 31.3 Å². The normalized spacial score (nSPS) is 14.5. The predicted octanol–water partition coefficient (Wildman–Crippen LogP) is 3.71. The molecule has 0 saturated carbocycles. The molecule has 0 spiro atoms. The van der Waals surface area contributed by atoms with Crippen molar-refractivity contribution in [3.8, 4) is 0 Å². The lowest BCUT2D eigenvalue weighted by atomic mass is 10.0. The van der Waals surface area contributed by atoms with Gasteiger partial charge in [-0.3, -0.25) is 9.59 Å². The first-order valence-electron chi connectivity index (χ1n) is 10.2. The summed E-state index contributed by atoms with van der Waals surface area (Å²) in [5, 5.41) is 3.04. The van der Waals surface area contributed by atoms with Crippen molar-refractivity contribution in [2.45, 2.75) is 32.2 Å². The molecule has 1 saturated heterocycles. The van der Waals surface area contributed by atoms with Crippen molar-refractivity contribution in [3.63, 3.8) is 0 Å². The number of nitrogens with zero attached hydrogens (tertiary/aromatic N) is 2. The Bertz CT molecular complexity index is 845. The first-order valence-corrected chi connectivity index (χ1v) is 10.2. The SMILES string of the molecule is CCCN(C)C(=O)c1ccccc1N1CCC(NC(=O)c2ccc(F)cc2)CC1. The van der Waals surface area contributed by atoms with Crippen molar-refractivity contribution in [2.75, 3.05) is 31.6 Å². The van der Waals surface area contributed by atoms with Gasteiger partial charge in [0.05, 0.1) is 5.56 Å². The highest BCUT2D eigenvalue weighted by Crippen LogP contribution is 2.25. The van der Waals surface area contributed by atoms with Crippen molar-refractivity contribution in [1.82, 2.24) is 10.2 Å². The van der Waals surface area contributed by atoms with E-state index in [2.05, 4.69) is 17.1 Å². The van der Waals surface area contributed by atoms with Gasteiger partial charge >= 0.3 is 0 Å². The molecule has 6 heteroatoms. The molecular weight excluding hydrogens is 369 g/mol. The van der Waals surface area contributed by atoms with E-state index in [-0.39, 0.29) is 23.7 Å². The number of benzene rings is 2. The number of anilines is 1. The van der Waals surface area contributed by atoms with Gasteiger partial charge in [0.25, 0.3) is 11.8 Å². The molecule has 0 bridgehead atoms. The number of amides is 2. The standard InChI is InChI=1S/C23H28FN3O2/c1-3-14-26(2)23(29)20-6-4-5-7-21(20)27-15-12-19(13-16-27)25-22(28)17-8-10-18(24)11-9-17/h4-11,19H,3,12-16H2,1-2H3,(H,25,28). The second kappa shape index (κ2) is 9.54. The van der Waals surface area contributed by atoms with E-state index >= 15 is 0 Å². The van der Waals surface area contributed by atoms with Crippen LogP contribution < -0.4 is 10.2 Å². The maximum absolute atomic E-state index is 13.0. The Kier molecular flexibility index (Phi) is 6.86. The van der Waals surface area contributed by atoms with Crippen LogP contribution in [-0.2, 0) is 0 Å². The summed E-state index contributed by atoms with van der Waals surface area (Å²) in [5.74, 6) is -0.498. The topological polar surface area (TPSA) is 52.7 Å². The Labute approximate surface area is 171 Å². The lowest BCUT2D eigenvalue weighted by molar-refractivity contribution is 0.0795. The molecule has 0 unspecified atom stereocenters. The van der Waals surface area contributed by atoms with E-state index < -0.39 is 0 Å². The Hall–Kier alpha value is -2.89. The molecule has 0 aliphatic carbocycles. The fourth-order valence-corrected chi connectivity index (χ4v) is 3.71. The van der Waals surface area contributed by atoms with Gasteiger partial charge in [-0.25, -0.2) is 4.39 Å². The second-order valence-corrected chi connectivity index (χ2v) is 7.49. The van der Waals surface area contributed by atoms with Crippen LogP contribution in [0.25, 0.3) is 0 Å². The second-order valence-electron chi connectivity index (χ2n) is 7.49. The monoisotopic (exact) mass is 397 g/mol. The van der Waals surface area contributed by atoms with Gasteiger partial charge in [-0.05, 0) is 55.7 Å². The maximum atomic E-state index is 13.0. The van der Waals surface area contributed by atoms with Crippen LogP contribution in [0, 0.1) is 5.82 Å². The fraction of sp³-hybridized carbons (Fsp3) is 0.391. The Morgan fingerprint density at radius 3 is 2.41 bits per heavy atom. The largest absolute Gasteiger partial charge is 0.371 e. The van der Waals surface area contributed by atoms with E-state index in [4.69, 9.17) is 0 Å². The van der Waals surface area contributed by atoms with Gasteiger partial charge in [0.2, 0.25) is 0 Å². The van der Waals surface area contributed by atoms with E-state index in [0.717, 1.165) is 50.1 Å². The average molecular weight is 397 g/mol. The first-order chi connectivity index (χ1) is 14.0. The third-order valence-corrected chi connectivity index (χ3v) is 5.32. The quantitative estimate of drug-likeness (QED) is 0.809. The first kappa shape index (κ1) is 20.8. The number of carbonyl (C=O) groups excluding carboxylic acids is 2. The third kappa shape index (κ3) is 5.13. The Morgan fingerprint density at radius 2 is 1.76 bits per heavy atom. The van der Waals surface area contributed by atoms with Gasteiger partial charge in [0.1, 0.15) is 5.82 Å². The van der Waals surface area contributed by atoms with Gasteiger partial charge in [0, 0.05) is 44.0 Å². The third-order valence-electron chi connectivity index (χ3n) is 5.32. The molecule has 1 N–H and O–H groups in total. The van der Waals surface area contributed by atoms with Gasteiger partial charge in [-0.2, -0.15) is 0 Å². The molecule has 154 valence electrons. The van der Waals surface area contributed by atoms with Gasteiger partial charge in [0.15, 0.2) is 0 Å². The van der Waals surface area contributed by atoms with E-state index in [1.165, 1.54) is 24.3 Å². The van der Waals surface area contributed by atoms with Crippen LogP contribution in [0.3, 0.4) is 0 Å². The van der Waals surface area contributed by atoms with Crippen LogP contribution >= 0.6 is 0 Å². The van der Waals surface area contributed by atoms with Crippen LogP contribution in [0.4, 0.5) is 10.1 Å². The number of hydrogen-bond acceptors (Lipinski definition) is 3. The highest BCUT2D eigenvalue weighted by molar-refractivity contribution is 5.99. The summed E-state index contributed by atoms with van der Waals surface area (Å²) in [6.45, 7) is 4.30. The number of rotatable bonds is 6. The molecule has 0 aromatic heterocycles. The molecule has 3 rings (SSSR count). The lowest BCUT2D eigenvalue weighted by Crippen LogP contribution is -2.45. The predicted molar refractivity (Wildman–Crippen MR) is 113 cm³/mol.